The second-order valence-corrected chi connectivity index (χ2v) is 7.94. The van der Waals surface area contributed by atoms with Crippen LogP contribution >= 0.6 is 0 Å². The number of carbonyl (C=O) groups is 1. The predicted molar refractivity (Wildman–Crippen MR) is 114 cm³/mol. The minimum Gasteiger partial charge on any atom is -0.357 e. The van der Waals surface area contributed by atoms with Crippen molar-refractivity contribution < 1.29 is 4.79 Å². The van der Waals surface area contributed by atoms with Crippen molar-refractivity contribution in [2.24, 2.45) is 0 Å². The fraction of sp³-hybridized carbons (Fsp3) is 0.318. The first-order valence-corrected chi connectivity index (χ1v) is 10.0. The number of rotatable bonds is 4. The quantitative estimate of drug-likeness (QED) is 0.493. The normalized spacial score (nSPS) is 17.4. The van der Waals surface area contributed by atoms with E-state index in [1.165, 1.54) is 18.5 Å². The molecule has 0 spiro atoms. The molecule has 7 nitrogen and oxygen atoms in total. The van der Waals surface area contributed by atoms with Gasteiger partial charge in [-0.3, -0.25) is 14.8 Å². The number of H-pyrrole nitrogens is 2. The van der Waals surface area contributed by atoms with Crippen LogP contribution in [0.4, 0.5) is 5.82 Å². The van der Waals surface area contributed by atoms with E-state index in [0.29, 0.717) is 17.4 Å². The molecule has 0 unspecified atom stereocenters. The van der Waals surface area contributed by atoms with Crippen molar-refractivity contribution in [1.29, 1.82) is 0 Å². The number of fused-ring (bicyclic) bond motifs is 2. The van der Waals surface area contributed by atoms with Gasteiger partial charge in [0.05, 0.1) is 16.7 Å². The van der Waals surface area contributed by atoms with E-state index in [-0.39, 0.29) is 5.91 Å². The van der Waals surface area contributed by atoms with Gasteiger partial charge >= 0.3 is 0 Å². The molecular weight excluding hydrogens is 364 g/mol. The average molecular weight is 388 g/mol. The first kappa shape index (κ1) is 17.9. The van der Waals surface area contributed by atoms with Crippen LogP contribution in [-0.2, 0) is 6.54 Å². The topological polar surface area (TPSA) is 89.7 Å². The molecule has 5 rings (SSSR count). The van der Waals surface area contributed by atoms with Crippen LogP contribution in [0.25, 0.3) is 21.8 Å². The molecule has 7 heteroatoms. The molecule has 4 heterocycles. The van der Waals surface area contributed by atoms with Crippen LogP contribution in [0.3, 0.4) is 0 Å². The molecule has 3 N–H and O–H groups in total. The fourth-order valence-electron chi connectivity index (χ4n) is 4.17. The molecule has 1 aromatic carbocycles. The van der Waals surface area contributed by atoms with Gasteiger partial charge in [-0.05, 0) is 51.4 Å². The molecule has 1 saturated heterocycles. The summed E-state index contributed by atoms with van der Waals surface area (Å²) in [6.45, 7) is 6.29. The second kappa shape index (κ2) is 7.00. The van der Waals surface area contributed by atoms with Gasteiger partial charge in [0.2, 0.25) is 0 Å². The van der Waals surface area contributed by atoms with E-state index >= 15 is 0 Å². The fourth-order valence-corrected chi connectivity index (χ4v) is 4.17. The summed E-state index contributed by atoms with van der Waals surface area (Å²) in [6, 6.07) is 10.2. The number of nitrogens with one attached hydrogen (secondary N) is 3. The van der Waals surface area contributed by atoms with E-state index in [9.17, 15) is 4.79 Å². The highest BCUT2D eigenvalue weighted by molar-refractivity contribution is 6.06. The average Bonchev–Trinajstić information content (AvgIpc) is 3.41. The summed E-state index contributed by atoms with van der Waals surface area (Å²) < 4.78 is 0. The first-order valence-electron chi connectivity index (χ1n) is 10.0. The number of anilines is 1. The van der Waals surface area contributed by atoms with Gasteiger partial charge in [-0.15, -0.1) is 0 Å². The third-order valence-corrected chi connectivity index (χ3v) is 5.88. The zero-order valence-corrected chi connectivity index (χ0v) is 16.6. The Morgan fingerprint density at radius 1 is 1.28 bits per heavy atom. The SMILES string of the molecule is Cc1n[nH]c2cc(C(=O)Nc3cc4[nH]c(CN5CCC[C@@H]5C)cc4cn3)ccc12. The van der Waals surface area contributed by atoms with Gasteiger partial charge < -0.3 is 10.3 Å². The monoisotopic (exact) mass is 388 g/mol. The molecule has 148 valence electrons. The molecule has 3 aromatic heterocycles. The number of pyridine rings is 1. The Labute approximate surface area is 168 Å². The molecule has 0 radical (unpaired) electrons. The number of aromatic nitrogens is 4. The summed E-state index contributed by atoms with van der Waals surface area (Å²) in [6.07, 6.45) is 4.34. The smallest absolute Gasteiger partial charge is 0.256 e. The highest BCUT2D eigenvalue weighted by atomic mass is 16.1. The maximum atomic E-state index is 12.7. The summed E-state index contributed by atoms with van der Waals surface area (Å²) in [7, 11) is 0. The Morgan fingerprint density at radius 2 is 2.17 bits per heavy atom. The van der Waals surface area contributed by atoms with Gasteiger partial charge in [0.15, 0.2) is 0 Å². The van der Waals surface area contributed by atoms with Gasteiger partial charge in [0.25, 0.3) is 5.91 Å². The molecule has 1 amide bonds. The van der Waals surface area contributed by atoms with Crippen molar-refractivity contribution in [2.75, 3.05) is 11.9 Å². The Morgan fingerprint density at radius 3 is 3.00 bits per heavy atom. The van der Waals surface area contributed by atoms with Gasteiger partial charge in [0.1, 0.15) is 5.82 Å². The third kappa shape index (κ3) is 3.38. The number of nitrogens with zero attached hydrogens (tertiary/aromatic N) is 3. The number of benzene rings is 1. The summed E-state index contributed by atoms with van der Waals surface area (Å²) >= 11 is 0. The lowest BCUT2D eigenvalue weighted by Gasteiger charge is -2.19. The van der Waals surface area contributed by atoms with Crippen LogP contribution in [0.5, 0.6) is 0 Å². The van der Waals surface area contributed by atoms with Crippen LogP contribution < -0.4 is 5.32 Å². The van der Waals surface area contributed by atoms with Gasteiger partial charge in [-0.2, -0.15) is 5.10 Å². The zero-order chi connectivity index (χ0) is 20.0. The number of aryl methyl sites for hydroxylation is 1. The molecule has 0 aliphatic carbocycles. The molecule has 1 fully saturated rings. The molecule has 1 aliphatic heterocycles. The molecule has 0 saturated carbocycles. The number of amides is 1. The van der Waals surface area contributed by atoms with Gasteiger partial charge in [0, 0.05) is 46.9 Å². The van der Waals surface area contributed by atoms with E-state index in [1.807, 2.05) is 31.2 Å². The largest absolute Gasteiger partial charge is 0.357 e. The Hall–Kier alpha value is -3.19. The third-order valence-electron chi connectivity index (χ3n) is 5.88. The number of carbonyl (C=O) groups excluding carboxylic acids is 1. The highest BCUT2D eigenvalue weighted by Crippen LogP contribution is 2.23. The highest BCUT2D eigenvalue weighted by Gasteiger charge is 2.20. The summed E-state index contributed by atoms with van der Waals surface area (Å²) in [5.74, 6) is 0.343. The van der Waals surface area contributed by atoms with E-state index in [2.05, 4.69) is 43.4 Å². The van der Waals surface area contributed by atoms with E-state index in [1.54, 1.807) is 6.20 Å². The molecule has 29 heavy (non-hydrogen) atoms. The zero-order valence-electron chi connectivity index (χ0n) is 16.6. The van der Waals surface area contributed by atoms with Crippen molar-refractivity contribution in [3.8, 4) is 0 Å². The Balaban J connectivity index is 1.34. The molecule has 1 atom stereocenters. The lowest BCUT2D eigenvalue weighted by Crippen LogP contribution is -2.26. The van der Waals surface area contributed by atoms with Crippen LogP contribution in [-0.4, -0.2) is 43.6 Å². The number of hydrogen-bond donors (Lipinski definition) is 3. The summed E-state index contributed by atoms with van der Waals surface area (Å²) in [5, 5.41) is 12.1. The maximum Gasteiger partial charge on any atom is 0.256 e. The van der Waals surface area contributed by atoms with Crippen LogP contribution in [0.2, 0.25) is 0 Å². The van der Waals surface area contributed by atoms with Crippen LogP contribution in [0.15, 0.2) is 36.5 Å². The Kier molecular flexibility index (Phi) is 4.32. The lowest BCUT2D eigenvalue weighted by molar-refractivity contribution is 0.102. The van der Waals surface area contributed by atoms with Crippen LogP contribution in [0.1, 0.15) is 41.5 Å². The van der Waals surface area contributed by atoms with E-state index in [0.717, 1.165) is 40.6 Å². The summed E-state index contributed by atoms with van der Waals surface area (Å²) in [4.78, 5) is 23.1. The number of aromatic amines is 2. The van der Waals surface area contributed by atoms with Crippen molar-refractivity contribution in [3.05, 3.63) is 53.5 Å². The van der Waals surface area contributed by atoms with E-state index < -0.39 is 0 Å². The second-order valence-electron chi connectivity index (χ2n) is 7.94. The minimum absolute atomic E-state index is 0.191. The van der Waals surface area contributed by atoms with Crippen molar-refractivity contribution in [1.82, 2.24) is 25.1 Å². The van der Waals surface area contributed by atoms with Crippen molar-refractivity contribution in [3.63, 3.8) is 0 Å². The molecule has 1 aliphatic rings. The Bertz CT molecular complexity index is 1210. The first-order chi connectivity index (χ1) is 14.1. The maximum absolute atomic E-state index is 12.7. The van der Waals surface area contributed by atoms with Gasteiger partial charge in [-0.1, -0.05) is 6.07 Å². The molecule has 4 aromatic rings. The lowest BCUT2D eigenvalue weighted by atomic mass is 10.1. The standard InChI is InChI=1S/C22H24N6O/c1-13-4-3-7-28(13)12-17-8-16-11-23-21(10-19(16)24-17)25-22(29)15-5-6-18-14(2)26-27-20(18)9-15/h5-6,8-11,13,24H,3-4,7,12H2,1-2H3,(H,26,27)(H,23,25,29)/t13-/m0/s1. The molecule has 0 bridgehead atoms. The minimum atomic E-state index is -0.191. The van der Waals surface area contributed by atoms with Gasteiger partial charge in [-0.25, -0.2) is 4.98 Å². The molecular formula is C22H24N6O. The summed E-state index contributed by atoms with van der Waals surface area (Å²) in [5.41, 5.74) is 4.50. The van der Waals surface area contributed by atoms with E-state index in [4.69, 9.17) is 0 Å². The number of likely N-dealkylation sites (tertiary alicyclic amines) is 1. The number of hydrogen-bond acceptors (Lipinski definition) is 4. The van der Waals surface area contributed by atoms with Crippen LogP contribution in [0, 0.1) is 6.92 Å². The van der Waals surface area contributed by atoms with Crippen molar-refractivity contribution >= 4 is 33.5 Å². The predicted octanol–water partition coefficient (Wildman–Crippen LogP) is 3.98. The van der Waals surface area contributed by atoms with Crippen molar-refractivity contribution in [2.45, 2.75) is 39.3 Å².